The molecule has 0 amide bonds. The van der Waals surface area contributed by atoms with Crippen LogP contribution in [-0.2, 0) is 0 Å². The van der Waals surface area contributed by atoms with Crippen molar-refractivity contribution in [1.29, 1.82) is 5.26 Å². The summed E-state index contributed by atoms with van der Waals surface area (Å²) >= 11 is 0. The molecule has 0 aromatic heterocycles. The first-order valence-corrected chi connectivity index (χ1v) is 6.21. The molecule has 0 spiro atoms. The predicted molar refractivity (Wildman–Crippen MR) is 71.9 cm³/mol. The van der Waals surface area contributed by atoms with E-state index in [9.17, 15) is 10.1 Å². The largest absolute Gasteiger partial charge is 0.379 e. The Kier molecular flexibility index (Phi) is 3.97. The average Bonchev–Trinajstić information content (AvgIpc) is 2.81. The van der Waals surface area contributed by atoms with Gasteiger partial charge in [0.05, 0.1) is 16.6 Å². The van der Waals surface area contributed by atoms with Crippen LogP contribution in [0.5, 0.6) is 0 Å². The van der Waals surface area contributed by atoms with E-state index < -0.39 is 4.92 Å². The number of hydrogen-bond donors (Lipinski definition) is 1. The molecule has 1 heterocycles. The van der Waals surface area contributed by atoms with Crippen LogP contribution in [0.1, 0.15) is 12.0 Å². The molecule has 1 unspecified atom stereocenters. The lowest BCUT2D eigenvalue weighted by molar-refractivity contribution is -0.384. The van der Waals surface area contributed by atoms with Crippen molar-refractivity contribution in [1.82, 2.24) is 4.90 Å². The summed E-state index contributed by atoms with van der Waals surface area (Å²) in [6, 6.07) is 6.38. The first kappa shape index (κ1) is 13.3. The number of nitrogens with zero attached hydrogens (tertiary/aromatic N) is 3. The van der Waals surface area contributed by atoms with E-state index in [1.807, 2.05) is 6.07 Å². The van der Waals surface area contributed by atoms with Gasteiger partial charge in [-0.1, -0.05) is 0 Å². The van der Waals surface area contributed by atoms with Crippen LogP contribution in [0.4, 0.5) is 11.4 Å². The molecular weight excluding hydrogens is 244 g/mol. The molecule has 1 saturated heterocycles. The Bertz CT molecular complexity index is 524. The number of nitriles is 1. The maximum Gasteiger partial charge on any atom is 0.292 e. The van der Waals surface area contributed by atoms with E-state index in [-0.39, 0.29) is 5.69 Å². The second kappa shape index (κ2) is 5.67. The minimum Gasteiger partial charge on any atom is -0.379 e. The molecule has 19 heavy (non-hydrogen) atoms. The van der Waals surface area contributed by atoms with Gasteiger partial charge in [0, 0.05) is 19.2 Å². The van der Waals surface area contributed by atoms with E-state index in [4.69, 9.17) is 5.26 Å². The molecule has 1 aromatic carbocycles. The molecule has 1 aliphatic heterocycles. The fraction of sp³-hybridized carbons (Fsp3) is 0.462. The van der Waals surface area contributed by atoms with Gasteiger partial charge in [-0.3, -0.25) is 10.1 Å². The molecule has 1 fully saturated rings. The molecule has 1 aliphatic rings. The van der Waals surface area contributed by atoms with Crippen molar-refractivity contribution < 1.29 is 4.92 Å². The number of nitro benzene ring substituents is 1. The van der Waals surface area contributed by atoms with Gasteiger partial charge in [-0.25, -0.2) is 0 Å². The van der Waals surface area contributed by atoms with Crippen LogP contribution >= 0.6 is 0 Å². The number of hydrogen-bond acceptors (Lipinski definition) is 5. The standard InChI is InChI=1S/C13H16N4O2/c1-16-5-4-11(9-16)8-15-12-6-10(7-14)2-3-13(12)17(18)19/h2-3,6,11,15H,4-5,8-9H2,1H3. The number of anilines is 1. The van der Waals surface area contributed by atoms with Gasteiger partial charge in [-0.05, 0) is 38.1 Å². The molecule has 1 N–H and O–H groups in total. The third kappa shape index (κ3) is 3.20. The first-order valence-electron chi connectivity index (χ1n) is 6.21. The van der Waals surface area contributed by atoms with Gasteiger partial charge in [-0.15, -0.1) is 0 Å². The lowest BCUT2D eigenvalue weighted by Gasteiger charge is -2.13. The van der Waals surface area contributed by atoms with Crippen LogP contribution < -0.4 is 5.32 Å². The van der Waals surface area contributed by atoms with Gasteiger partial charge < -0.3 is 10.2 Å². The summed E-state index contributed by atoms with van der Waals surface area (Å²) in [6.07, 6.45) is 1.09. The fourth-order valence-corrected chi connectivity index (χ4v) is 2.35. The SMILES string of the molecule is CN1CCC(CNc2cc(C#N)ccc2[N+](=O)[O-])C1. The monoisotopic (exact) mass is 260 g/mol. The molecule has 2 rings (SSSR count). The van der Waals surface area contributed by atoms with Gasteiger partial charge >= 0.3 is 0 Å². The third-order valence-electron chi connectivity index (χ3n) is 3.39. The second-order valence-electron chi connectivity index (χ2n) is 4.90. The molecule has 0 radical (unpaired) electrons. The normalized spacial score (nSPS) is 19.1. The Balaban J connectivity index is 2.09. The summed E-state index contributed by atoms with van der Waals surface area (Å²) < 4.78 is 0. The van der Waals surface area contributed by atoms with Gasteiger partial charge in [0.15, 0.2) is 0 Å². The zero-order valence-electron chi connectivity index (χ0n) is 10.8. The summed E-state index contributed by atoms with van der Waals surface area (Å²) in [4.78, 5) is 12.8. The first-order chi connectivity index (χ1) is 9.10. The van der Waals surface area contributed by atoms with Crippen molar-refractivity contribution in [2.24, 2.45) is 5.92 Å². The molecule has 0 bridgehead atoms. The Hall–Kier alpha value is -2.13. The van der Waals surface area contributed by atoms with E-state index in [0.29, 0.717) is 23.7 Å². The lowest BCUT2D eigenvalue weighted by Crippen LogP contribution is -2.19. The number of nitro groups is 1. The van der Waals surface area contributed by atoms with Crippen LogP contribution in [-0.4, -0.2) is 36.5 Å². The topological polar surface area (TPSA) is 82.2 Å². The van der Waals surface area contributed by atoms with Crippen LogP contribution in [0.3, 0.4) is 0 Å². The molecule has 1 atom stereocenters. The van der Waals surface area contributed by atoms with Crippen molar-refractivity contribution >= 4 is 11.4 Å². The Morgan fingerprint density at radius 2 is 2.42 bits per heavy atom. The maximum absolute atomic E-state index is 10.9. The smallest absolute Gasteiger partial charge is 0.292 e. The highest BCUT2D eigenvalue weighted by Gasteiger charge is 2.21. The summed E-state index contributed by atoms with van der Waals surface area (Å²) in [5, 5.41) is 22.9. The molecule has 6 nitrogen and oxygen atoms in total. The predicted octanol–water partition coefficient (Wildman–Crippen LogP) is 1.83. The van der Waals surface area contributed by atoms with Gasteiger partial charge in [0.25, 0.3) is 5.69 Å². The van der Waals surface area contributed by atoms with E-state index in [1.54, 1.807) is 0 Å². The van der Waals surface area contributed by atoms with Crippen molar-refractivity contribution in [2.75, 3.05) is 32.0 Å². The highest BCUT2D eigenvalue weighted by atomic mass is 16.6. The fourth-order valence-electron chi connectivity index (χ4n) is 2.35. The lowest BCUT2D eigenvalue weighted by atomic mass is 10.1. The molecule has 0 aliphatic carbocycles. The van der Waals surface area contributed by atoms with Gasteiger partial charge in [-0.2, -0.15) is 5.26 Å². The van der Waals surface area contributed by atoms with Crippen LogP contribution in [0, 0.1) is 27.4 Å². The summed E-state index contributed by atoms with van der Waals surface area (Å²) in [6.45, 7) is 2.76. The Labute approximate surface area is 111 Å². The van der Waals surface area contributed by atoms with Crippen molar-refractivity contribution in [2.45, 2.75) is 6.42 Å². The van der Waals surface area contributed by atoms with Crippen LogP contribution in [0.25, 0.3) is 0 Å². The number of benzene rings is 1. The molecule has 1 aromatic rings. The van der Waals surface area contributed by atoms with Crippen LogP contribution in [0.2, 0.25) is 0 Å². The minimum atomic E-state index is -0.426. The van der Waals surface area contributed by atoms with E-state index in [0.717, 1.165) is 19.5 Å². The van der Waals surface area contributed by atoms with E-state index in [1.165, 1.54) is 18.2 Å². The van der Waals surface area contributed by atoms with Crippen molar-refractivity contribution in [3.8, 4) is 6.07 Å². The van der Waals surface area contributed by atoms with Crippen molar-refractivity contribution in [3.63, 3.8) is 0 Å². The van der Waals surface area contributed by atoms with Crippen LogP contribution in [0.15, 0.2) is 18.2 Å². The average molecular weight is 260 g/mol. The highest BCUT2D eigenvalue weighted by molar-refractivity contribution is 5.64. The van der Waals surface area contributed by atoms with Crippen molar-refractivity contribution in [3.05, 3.63) is 33.9 Å². The van der Waals surface area contributed by atoms with Gasteiger partial charge in [0.2, 0.25) is 0 Å². The quantitative estimate of drug-likeness (QED) is 0.659. The number of nitrogens with one attached hydrogen (secondary N) is 1. The Morgan fingerprint density at radius 3 is 3.00 bits per heavy atom. The van der Waals surface area contributed by atoms with Gasteiger partial charge in [0.1, 0.15) is 5.69 Å². The third-order valence-corrected chi connectivity index (χ3v) is 3.39. The molecular formula is C13H16N4O2. The maximum atomic E-state index is 10.9. The molecule has 0 saturated carbocycles. The summed E-state index contributed by atoms with van der Waals surface area (Å²) in [7, 11) is 2.07. The Morgan fingerprint density at radius 1 is 1.63 bits per heavy atom. The minimum absolute atomic E-state index is 0.0188. The highest BCUT2D eigenvalue weighted by Crippen LogP contribution is 2.26. The second-order valence-corrected chi connectivity index (χ2v) is 4.90. The van der Waals surface area contributed by atoms with E-state index in [2.05, 4.69) is 17.3 Å². The number of rotatable bonds is 4. The zero-order chi connectivity index (χ0) is 13.8. The van der Waals surface area contributed by atoms with E-state index >= 15 is 0 Å². The summed E-state index contributed by atoms with van der Waals surface area (Å²) in [5.41, 5.74) is 0.876. The zero-order valence-corrected chi connectivity index (χ0v) is 10.8. The summed E-state index contributed by atoms with van der Waals surface area (Å²) in [5.74, 6) is 0.496. The molecule has 100 valence electrons. The molecule has 6 heteroatoms. The number of likely N-dealkylation sites (tertiary alicyclic amines) is 1.